The van der Waals surface area contributed by atoms with E-state index in [9.17, 15) is 0 Å². The Morgan fingerprint density at radius 2 is 1.33 bits per heavy atom. The molecule has 0 N–H and O–H groups in total. The van der Waals surface area contributed by atoms with Crippen LogP contribution in [0.25, 0.3) is 83.2 Å². The Balaban J connectivity index is 0.000000149. The van der Waals surface area contributed by atoms with Crippen molar-refractivity contribution in [2.75, 3.05) is 0 Å². The van der Waals surface area contributed by atoms with Crippen molar-refractivity contribution >= 4 is 72.6 Å². The molecule has 10 rings (SSSR count). The minimum Gasteiger partial charge on any atom is -0.501 e. The SMILES string of the molecule is [CH3][Ge]([CH3])([CH3])[c]1ccc(-c2[c-]cc3oc4ccccc4c3c2)nc1.[Ir].[c-]1ccc2c(oc3ccccc32)c1-c1nc2ccccc2n1-c1ccccc1. The molecule has 0 saturated carbocycles. The summed E-state index contributed by atoms with van der Waals surface area (Å²) in [6.07, 6.45) is 2.04. The Kier molecular flexibility index (Phi) is 8.92. The molecule has 0 fully saturated rings. The van der Waals surface area contributed by atoms with Gasteiger partial charge in [0.15, 0.2) is 0 Å². The molecular formula is C45H33GeIrN3O2-2. The molecule has 6 aromatic carbocycles. The predicted octanol–water partition coefficient (Wildman–Crippen LogP) is 11.4. The molecule has 52 heavy (non-hydrogen) atoms. The van der Waals surface area contributed by atoms with Crippen LogP contribution in [0.15, 0.2) is 155 Å². The summed E-state index contributed by atoms with van der Waals surface area (Å²) in [6, 6.07) is 53.8. The zero-order valence-electron chi connectivity index (χ0n) is 28.8. The maximum absolute atomic E-state index is 6.24. The molecule has 0 spiro atoms. The van der Waals surface area contributed by atoms with Crippen molar-refractivity contribution in [3.63, 3.8) is 0 Å². The van der Waals surface area contributed by atoms with Crippen molar-refractivity contribution in [2.24, 2.45) is 0 Å². The molecule has 0 bridgehead atoms. The number of imidazole rings is 1. The quantitative estimate of drug-likeness (QED) is 0.130. The van der Waals surface area contributed by atoms with E-state index < -0.39 is 13.3 Å². The summed E-state index contributed by atoms with van der Waals surface area (Å²) in [5, 5.41) is 4.44. The van der Waals surface area contributed by atoms with Gasteiger partial charge in [-0.15, -0.1) is 18.2 Å². The molecule has 7 heteroatoms. The van der Waals surface area contributed by atoms with E-state index in [0.717, 1.165) is 83.2 Å². The molecule has 0 unspecified atom stereocenters. The van der Waals surface area contributed by atoms with Crippen molar-refractivity contribution in [2.45, 2.75) is 17.3 Å². The molecule has 255 valence electrons. The monoisotopic (exact) mass is 914 g/mol. The molecule has 10 aromatic rings. The maximum Gasteiger partial charge on any atom is 0.120 e. The van der Waals surface area contributed by atoms with Crippen LogP contribution in [0.1, 0.15) is 0 Å². The molecule has 0 amide bonds. The molecule has 4 aromatic heterocycles. The molecule has 5 nitrogen and oxygen atoms in total. The average molecular weight is 913 g/mol. The summed E-state index contributed by atoms with van der Waals surface area (Å²) in [4.78, 5) is 9.62. The molecule has 0 saturated heterocycles. The van der Waals surface area contributed by atoms with Crippen LogP contribution in [0.4, 0.5) is 0 Å². The van der Waals surface area contributed by atoms with Crippen LogP contribution < -0.4 is 4.40 Å². The third-order valence-corrected chi connectivity index (χ3v) is 13.6. The molecule has 0 aliphatic carbocycles. The topological polar surface area (TPSA) is 57.0 Å². The Labute approximate surface area is 317 Å². The van der Waals surface area contributed by atoms with Crippen LogP contribution in [-0.2, 0) is 20.1 Å². The smallest absolute Gasteiger partial charge is 0.120 e. The number of para-hydroxylation sites is 5. The fraction of sp³-hybridized carbons (Fsp3) is 0.0667. The van der Waals surface area contributed by atoms with Gasteiger partial charge >= 0.3 is 138 Å². The fourth-order valence-corrected chi connectivity index (χ4v) is 8.87. The van der Waals surface area contributed by atoms with Crippen molar-refractivity contribution < 1.29 is 28.9 Å². The summed E-state index contributed by atoms with van der Waals surface area (Å²) in [6.45, 7) is 0. The summed E-state index contributed by atoms with van der Waals surface area (Å²) in [5.74, 6) is 7.97. The van der Waals surface area contributed by atoms with Crippen LogP contribution in [0, 0.1) is 12.1 Å². The van der Waals surface area contributed by atoms with Crippen LogP contribution >= 0.6 is 0 Å². The van der Waals surface area contributed by atoms with E-state index in [-0.39, 0.29) is 20.1 Å². The minimum atomic E-state index is -1.81. The fourth-order valence-electron chi connectivity index (χ4n) is 6.70. The van der Waals surface area contributed by atoms with Crippen molar-refractivity contribution in [1.29, 1.82) is 0 Å². The summed E-state index contributed by atoms with van der Waals surface area (Å²) in [5.41, 5.74) is 9.39. The van der Waals surface area contributed by atoms with Gasteiger partial charge in [0.2, 0.25) is 0 Å². The van der Waals surface area contributed by atoms with Gasteiger partial charge in [-0.05, 0) is 30.3 Å². The number of benzene rings is 6. The normalized spacial score (nSPS) is 11.6. The van der Waals surface area contributed by atoms with Crippen LogP contribution in [-0.4, -0.2) is 27.8 Å². The van der Waals surface area contributed by atoms with Crippen molar-refractivity contribution in [1.82, 2.24) is 14.5 Å². The van der Waals surface area contributed by atoms with Gasteiger partial charge in [0.25, 0.3) is 0 Å². The van der Waals surface area contributed by atoms with E-state index in [1.54, 1.807) is 0 Å². The van der Waals surface area contributed by atoms with Crippen LogP contribution in [0.5, 0.6) is 0 Å². The minimum absolute atomic E-state index is 0. The van der Waals surface area contributed by atoms with Gasteiger partial charge in [-0.3, -0.25) is 4.98 Å². The number of furan rings is 2. The first-order valence-electron chi connectivity index (χ1n) is 17.1. The first kappa shape index (κ1) is 33.9. The second-order valence-electron chi connectivity index (χ2n) is 13.7. The maximum atomic E-state index is 6.24. The standard InChI is InChI=1S/C25H15N2O.C20H18GeNO.Ir/c1-2-9-17(10-3-1)27-22-15-6-5-14-21(22)26-25(27)20-13-8-12-19-18-11-4-7-16-23(18)28-24(19)20;1-21(2,3)15-9-10-18(22-13-15)14-8-11-20-17(12-14)16-6-4-5-7-19(16)23-20;/h1-12,14-16H;4-7,9-13H,1-3H3;/q2*-1;. The molecule has 1 radical (unpaired) electrons. The summed E-state index contributed by atoms with van der Waals surface area (Å²) in [7, 11) is 0. The van der Waals surface area contributed by atoms with Gasteiger partial charge in [0.1, 0.15) is 5.58 Å². The first-order valence-corrected chi connectivity index (χ1v) is 24.4. The average Bonchev–Trinajstić information content (AvgIpc) is 3.86. The van der Waals surface area contributed by atoms with E-state index in [1.165, 1.54) is 4.40 Å². The van der Waals surface area contributed by atoms with E-state index in [4.69, 9.17) is 13.8 Å². The number of hydrogen-bond donors (Lipinski definition) is 0. The van der Waals surface area contributed by atoms with E-state index in [1.807, 2.05) is 91.1 Å². The van der Waals surface area contributed by atoms with Crippen LogP contribution in [0.3, 0.4) is 0 Å². The third-order valence-electron chi connectivity index (χ3n) is 9.35. The van der Waals surface area contributed by atoms with Gasteiger partial charge in [0, 0.05) is 31.2 Å². The van der Waals surface area contributed by atoms with E-state index in [0.29, 0.717) is 0 Å². The molecular weight excluding hydrogens is 879 g/mol. The van der Waals surface area contributed by atoms with Gasteiger partial charge in [-0.25, -0.2) is 0 Å². The van der Waals surface area contributed by atoms with Crippen molar-refractivity contribution in [3.05, 3.63) is 158 Å². The Bertz CT molecular complexity index is 2850. The second kappa shape index (κ2) is 13.7. The molecule has 0 aliphatic rings. The Hall–Kier alpha value is -5.27. The number of fused-ring (bicyclic) bond motifs is 7. The first-order chi connectivity index (χ1) is 24.9. The number of nitrogens with zero attached hydrogens (tertiary/aromatic N) is 3. The third kappa shape index (κ3) is 6.07. The number of rotatable bonds is 4. The number of aromatic nitrogens is 3. The Morgan fingerprint density at radius 3 is 2.08 bits per heavy atom. The number of pyridine rings is 1. The zero-order valence-corrected chi connectivity index (χ0v) is 33.3. The summed E-state index contributed by atoms with van der Waals surface area (Å²) >= 11 is -1.81. The van der Waals surface area contributed by atoms with Gasteiger partial charge in [0.05, 0.1) is 22.4 Å². The zero-order chi connectivity index (χ0) is 34.5. The Morgan fingerprint density at radius 1 is 0.635 bits per heavy atom. The molecule has 0 atom stereocenters. The largest absolute Gasteiger partial charge is 0.501 e. The van der Waals surface area contributed by atoms with Crippen LogP contribution in [0.2, 0.25) is 17.3 Å². The second-order valence-corrected chi connectivity index (χ2v) is 24.3. The predicted molar refractivity (Wildman–Crippen MR) is 211 cm³/mol. The van der Waals surface area contributed by atoms with Gasteiger partial charge in [-0.1, -0.05) is 59.5 Å². The van der Waals surface area contributed by atoms with Crippen molar-refractivity contribution in [3.8, 4) is 28.3 Å². The van der Waals surface area contributed by atoms with Gasteiger partial charge in [-0.2, -0.15) is 0 Å². The van der Waals surface area contributed by atoms with Gasteiger partial charge < -0.3 is 8.98 Å². The molecule has 0 aliphatic heterocycles. The summed E-state index contributed by atoms with van der Waals surface area (Å²) < 4.78 is 15.7. The van der Waals surface area contributed by atoms with E-state index in [2.05, 4.69) is 93.5 Å². The molecule has 4 heterocycles. The number of hydrogen-bond acceptors (Lipinski definition) is 4. The van der Waals surface area contributed by atoms with E-state index >= 15 is 0 Å².